The van der Waals surface area contributed by atoms with Crippen molar-refractivity contribution in [3.05, 3.63) is 88.1 Å². The molecule has 160 valence electrons. The van der Waals surface area contributed by atoms with Crippen molar-refractivity contribution in [1.82, 2.24) is 0 Å². The molecule has 1 heterocycles. The number of anilines is 1. The van der Waals surface area contributed by atoms with Crippen LogP contribution in [0.25, 0.3) is 0 Å². The first-order valence-electron chi connectivity index (χ1n) is 9.31. The number of nitrogens with zero attached hydrogens (tertiary/aromatic N) is 2. The summed E-state index contributed by atoms with van der Waals surface area (Å²) < 4.78 is 23.7. The molecule has 1 aliphatic rings. The zero-order valence-corrected chi connectivity index (χ0v) is 17.3. The number of benzene rings is 2. The summed E-state index contributed by atoms with van der Waals surface area (Å²) in [7, 11) is 2.28. The minimum absolute atomic E-state index is 0.0171. The van der Waals surface area contributed by atoms with E-state index in [2.05, 4.69) is 5.92 Å². The van der Waals surface area contributed by atoms with Crippen molar-refractivity contribution in [1.29, 1.82) is 5.26 Å². The number of methoxy groups -OCH3 is 2. The zero-order valence-electron chi connectivity index (χ0n) is 17.3. The van der Waals surface area contributed by atoms with Crippen LogP contribution in [0.4, 0.5) is 10.1 Å². The maximum atomic E-state index is 13.8. The van der Waals surface area contributed by atoms with Gasteiger partial charge in [0.1, 0.15) is 17.3 Å². The van der Waals surface area contributed by atoms with Crippen LogP contribution >= 0.6 is 0 Å². The number of esters is 2. The predicted molar refractivity (Wildman–Crippen MR) is 114 cm³/mol. The number of halogens is 1. The summed E-state index contributed by atoms with van der Waals surface area (Å²) in [6.07, 6.45) is 5.54. The second-order valence-electron chi connectivity index (χ2n) is 6.64. The molecule has 8 heteroatoms. The van der Waals surface area contributed by atoms with E-state index in [1.165, 1.54) is 6.07 Å². The number of carbonyl (C=O) groups is 2. The van der Waals surface area contributed by atoms with E-state index in [1.807, 2.05) is 6.07 Å². The Hall–Kier alpha value is -4.56. The van der Waals surface area contributed by atoms with Gasteiger partial charge in [0.25, 0.3) is 0 Å². The molecular weight excluding hydrogens is 413 g/mol. The Morgan fingerprint density at radius 2 is 1.78 bits per heavy atom. The summed E-state index contributed by atoms with van der Waals surface area (Å²) in [5.74, 6) is -1.22. The molecule has 0 radical (unpaired) electrons. The number of terminal acetylenes is 1. The first kappa shape index (κ1) is 22.1. The highest BCUT2D eigenvalue weighted by Crippen LogP contribution is 2.43. The van der Waals surface area contributed by atoms with Crippen molar-refractivity contribution >= 4 is 17.6 Å². The van der Waals surface area contributed by atoms with Gasteiger partial charge in [-0.2, -0.15) is 5.26 Å². The maximum absolute atomic E-state index is 13.8. The molecular formula is C24H18FN3O4. The highest BCUT2D eigenvalue weighted by atomic mass is 19.1. The largest absolute Gasteiger partial charge is 0.466 e. The summed E-state index contributed by atoms with van der Waals surface area (Å²) in [5.41, 5.74) is 6.60. The second kappa shape index (κ2) is 9.07. The summed E-state index contributed by atoms with van der Waals surface area (Å²) >= 11 is 0. The van der Waals surface area contributed by atoms with Crippen molar-refractivity contribution in [2.75, 3.05) is 19.1 Å². The second-order valence-corrected chi connectivity index (χ2v) is 6.64. The Morgan fingerprint density at radius 3 is 2.34 bits per heavy atom. The van der Waals surface area contributed by atoms with E-state index in [-0.39, 0.29) is 33.9 Å². The Morgan fingerprint density at radius 1 is 1.12 bits per heavy atom. The van der Waals surface area contributed by atoms with Crippen LogP contribution in [0.2, 0.25) is 0 Å². The Kier molecular flexibility index (Phi) is 6.27. The Bertz CT molecular complexity index is 1240. The molecule has 2 aromatic rings. The molecule has 0 aliphatic carbocycles. The molecule has 0 saturated heterocycles. The third kappa shape index (κ3) is 3.66. The average molecular weight is 431 g/mol. The molecule has 7 nitrogen and oxygen atoms in total. The molecule has 0 aromatic heterocycles. The van der Waals surface area contributed by atoms with E-state index >= 15 is 0 Å². The molecule has 32 heavy (non-hydrogen) atoms. The van der Waals surface area contributed by atoms with Crippen molar-refractivity contribution in [3.63, 3.8) is 0 Å². The number of ether oxygens (including phenoxy) is 2. The van der Waals surface area contributed by atoms with Crippen LogP contribution in [-0.2, 0) is 19.1 Å². The lowest BCUT2D eigenvalue weighted by Gasteiger charge is -2.36. The van der Waals surface area contributed by atoms with Gasteiger partial charge in [0.15, 0.2) is 0 Å². The van der Waals surface area contributed by atoms with E-state index in [0.717, 1.165) is 31.3 Å². The van der Waals surface area contributed by atoms with E-state index in [0.29, 0.717) is 5.56 Å². The zero-order chi connectivity index (χ0) is 23.4. The van der Waals surface area contributed by atoms with Gasteiger partial charge in [0, 0.05) is 0 Å². The average Bonchev–Trinajstić information content (AvgIpc) is 2.82. The van der Waals surface area contributed by atoms with Crippen LogP contribution in [0, 0.1) is 29.5 Å². The number of hydrogen-bond acceptors (Lipinski definition) is 7. The summed E-state index contributed by atoms with van der Waals surface area (Å²) in [6.45, 7) is 0. The molecule has 0 spiro atoms. The van der Waals surface area contributed by atoms with Gasteiger partial charge in [-0.05, 0) is 23.8 Å². The molecule has 1 aliphatic heterocycles. The van der Waals surface area contributed by atoms with Gasteiger partial charge in [-0.3, -0.25) is 4.90 Å². The first-order valence-corrected chi connectivity index (χ1v) is 9.31. The van der Waals surface area contributed by atoms with Crippen molar-refractivity contribution in [2.45, 2.75) is 5.92 Å². The molecule has 2 N–H and O–H groups in total. The SMILES string of the molecule is C#Cc1cc(F)ccc1N1C(N)=C(C#N)C(c2ccccc2)C(C(=O)OC)=C1C(=O)OC. The molecule has 0 bridgehead atoms. The normalized spacial score (nSPS) is 15.7. The van der Waals surface area contributed by atoms with Gasteiger partial charge < -0.3 is 15.2 Å². The lowest BCUT2D eigenvalue weighted by molar-refractivity contribution is -0.139. The molecule has 0 saturated carbocycles. The molecule has 2 aromatic carbocycles. The summed E-state index contributed by atoms with van der Waals surface area (Å²) in [6, 6.07) is 14.1. The van der Waals surface area contributed by atoms with Crippen molar-refractivity contribution in [3.8, 4) is 18.4 Å². The van der Waals surface area contributed by atoms with Crippen LogP contribution in [0.3, 0.4) is 0 Å². The first-order chi connectivity index (χ1) is 15.4. The third-order valence-corrected chi connectivity index (χ3v) is 4.97. The molecule has 1 atom stereocenters. The van der Waals surface area contributed by atoms with Crippen LogP contribution in [-0.4, -0.2) is 26.2 Å². The van der Waals surface area contributed by atoms with E-state index < -0.39 is 23.7 Å². The van der Waals surface area contributed by atoms with Crippen molar-refractivity contribution in [2.24, 2.45) is 5.73 Å². The maximum Gasteiger partial charge on any atom is 0.355 e. The monoisotopic (exact) mass is 431 g/mol. The predicted octanol–water partition coefficient (Wildman–Crippen LogP) is 2.70. The summed E-state index contributed by atoms with van der Waals surface area (Å²) in [5, 5.41) is 9.98. The number of nitrogens with two attached hydrogens (primary N) is 1. The molecule has 0 amide bonds. The number of rotatable bonds is 4. The van der Waals surface area contributed by atoms with E-state index in [1.54, 1.807) is 30.3 Å². The van der Waals surface area contributed by atoms with Gasteiger partial charge in [0.05, 0.1) is 48.6 Å². The topological polar surface area (TPSA) is 106 Å². The summed E-state index contributed by atoms with van der Waals surface area (Å²) in [4.78, 5) is 27.0. The fourth-order valence-electron chi connectivity index (χ4n) is 3.58. The van der Waals surface area contributed by atoms with E-state index in [4.69, 9.17) is 21.6 Å². The molecule has 1 unspecified atom stereocenters. The minimum Gasteiger partial charge on any atom is -0.466 e. The smallest absolute Gasteiger partial charge is 0.355 e. The highest BCUT2D eigenvalue weighted by molar-refractivity contribution is 6.06. The highest BCUT2D eigenvalue weighted by Gasteiger charge is 2.43. The Balaban J connectivity index is 2.46. The lowest BCUT2D eigenvalue weighted by atomic mass is 9.80. The van der Waals surface area contributed by atoms with Crippen LogP contribution in [0.5, 0.6) is 0 Å². The van der Waals surface area contributed by atoms with Gasteiger partial charge in [-0.1, -0.05) is 36.3 Å². The minimum atomic E-state index is -1.01. The van der Waals surface area contributed by atoms with Crippen LogP contribution < -0.4 is 10.6 Å². The lowest BCUT2D eigenvalue weighted by Crippen LogP contribution is -2.41. The van der Waals surface area contributed by atoms with Gasteiger partial charge in [-0.15, -0.1) is 6.42 Å². The number of hydrogen-bond donors (Lipinski definition) is 1. The van der Waals surface area contributed by atoms with E-state index in [9.17, 15) is 19.2 Å². The third-order valence-electron chi connectivity index (χ3n) is 4.97. The van der Waals surface area contributed by atoms with Gasteiger partial charge >= 0.3 is 11.9 Å². The standard InChI is InChI=1S/C24H18FN3O4/c1-4-14-12-16(25)10-11-18(14)28-21(24(30)32-3)20(23(29)31-2)19(17(13-26)22(28)27)15-8-6-5-7-9-15/h1,5-12,19H,27H2,2-3H3. The Labute approximate surface area is 184 Å². The van der Waals surface area contributed by atoms with Crippen LogP contribution in [0.15, 0.2) is 71.2 Å². The number of carbonyl (C=O) groups excluding carboxylic acids is 2. The fraction of sp³-hybridized carbons (Fsp3) is 0.125. The molecule has 0 fully saturated rings. The number of allylic oxidation sites excluding steroid dienone is 1. The quantitative estimate of drug-likeness (QED) is 0.586. The van der Waals surface area contributed by atoms with Gasteiger partial charge in [0.2, 0.25) is 0 Å². The van der Waals surface area contributed by atoms with Crippen LogP contribution in [0.1, 0.15) is 17.0 Å². The molecule has 3 rings (SSSR count). The fourth-order valence-corrected chi connectivity index (χ4v) is 3.58. The van der Waals surface area contributed by atoms with Crippen molar-refractivity contribution < 1.29 is 23.5 Å². The number of nitriles is 1. The van der Waals surface area contributed by atoms with Gasteiger partial charge in [-0.25, -0.2) is 14.0 Å².